The molecule has 0 aliphatic rings. The second kappa shape index (κ2) is 12.3. The number of hydrogen-bond acceptors (Lipinski definition) is 4. The highest BCUT2D eigenvalue weighted by molar-refractivity contribution is 5.78. The van der Waals surface area contributed by atoms with Crippen molar-refractivity contribution in [3.8, 4) is 11.1 Å². The first-order chi connectivity index (χ1) is 12.4. The van der Waals surface area contributed by atoms with E-state index in [4.69, 9.17) is 4.52 Å². The van der Waals surface area contributed by atoms with Crippen LogP contribution in [0.15, 0.2) is 28.8 Å². The molecule has 0 aliphatic carbocycles. The molecule has 2 aromatic rings. The number of carbonyl (C=O) groups excluding carboxylic acids is 1. The lowest BCUT2D eigenvalue weighted by molar-refractivity contribution is -0.122. The van der Waals surface area contributed by atoms with Gasteiger partial charge in [0.05, 0.1) is 18.3 Å². The first-order valence-corrected chi connectivity index (χ1v) is 9.35. The summed E-state index contributed by atoms with van der Waals surface area (Å²) in [6.45, 7) is 14.2. The predicted octanol–water partition coefficient (Wildman–Crippen LogP) is 4.75. The minimum Gasteiger partial charge on any atom is -0.361 e. The van der Waals surface area contributed by atoms with Crippen molar-refractivity contribution in [1.82, 2.24) is 15.4 Å². The third-order valence-corrected chi connectivity index (χ3v) is 3.55. The molecule has 1 atom stereocenters. The van der Waals surface area contributed by atoms with Gasteiger partial charge in [0.2, 0.25) is 5.91 Å². The summed E-state index contributed by atoms with van der Waals surface area (Å²) in [6, 6.07) is 8.07. The fourth-order valence-electron chi connectivity index (χ4n) is 2.52. The number of nitrogens with zero attached hydrogens (tertiary/aromatic N) is 2. The highest BCUT2D eigenvalue weighted by Crippen LogP contribution is 2.28. The van der Waals surface area contributed by atoms with E-state index in [1.54, 1.807) is 0 Å². The molecule has 0 radical (unpaired) electrons. The first-order valence-electron chi connectivity index (χ1n) is 9.35. The first kappa shape index (κ1) is 23.9. The minimum atomic E-state index is -0.0483. The summed E-state index contributed by atoms with van der Waals surface area (Å²) in [4.78, 5) is 13.7. The summed E-state index contributed by atoms with van der Waals surface area (Å²) in [5, 5.41) is 7.01. The quantitative estimate of drug-likeness (QED) is 0.835. The Morgan fingerprint density at radius 2 is 1.81 bits per heavy atom. The fraction of sp³-hybridized carbons (Fsp3) is 0.524. The van der Waals surface area contributed by atoms with Crippen LogP contribution >= 0.6 is 0 Å². The number of hydrogen-bond donors (Lipinski definition) is 1. The molecule has 0 saturated carbocycles. The van der Waals surface area contributed by atoms with Gasteiger partial charge in [-0.2, -0.15) is 0 Å². The Balaban J connectivity index is 0.00000146. The maximum absolute atomic E-state index is 11.9. The molecule has 0 bridgehead atoms. The second-order valence-electron chi connectivity index (χ2n) is 5.85. The molecule has 26 heavy (non-hydrogen) atoms. The largest absolute Gasteiger partial charge is 0.361 e. The van der Waals surface area contributed by atoms with Crippen molar-refractivity contribution >= 4 is 5.91 Å². The summed E-state index contributed by atoms with van der Waals surface area (Å²) in [7, 11) is 3.75. The predicted molar refractivity (Wildman–Crippen MR) is 109 cm³/mol. The summed E-state index contributed by atoms with van der Waals surface area (Å²) >= 11 is 0. The summed E-state index contributed by atoms with van der Waals surface area (Å²) in [5.41, 5.74) is 4.01. The zero-order chi connectivity index (χ0) is 20.3. The topological polar surface area (TPSA) is 58.4 Å². The van der Waals surface area contributed by atoms with E-state index in [2.05, 4.69) is 16.5 Å². The number of aromatic nitrogens is 1. The van der Waals surface area contributed by atoms with Crippen LogP contribution in [0.3, 0.4) is 0 Å². The van der Waals surface area contributed by atoms with Gasteiger partial charge in [0, 0.05) is 5.56 Å². The average molecular weight is 362 g/mol. The van der Waals surface area contributed by atoms with Crippen molar-refractivity contribution in [3.05, 3.63) is 41.3 Å². The Bertz CT molecular complexity index is 644. The van der Waals surface area contributed by atoms with Crippen LogP contribution in [0, 0.1) is 13.8 Å². The molecule has 2 rings (SSSR count). The standard InChI is InChI=1S/C17H23N3O2.2C2H6/c1-11(18-16(21)10-20(4)5)14-7-6-8-15(9-14)17-12(2)19-22-13(17)3;2*1-2/h6-9,11H,10H2,1-5H3,(H,18,21);2*1-2H3. The number of amides is 1. The fourth-order valence-corrected chi connectivity index (χ4v) is 2.52. The lowest BCUT2D eigenvalue weighted by Gasteiger charge is -2.17. The van der Waals surface area contributed by atoms with E-state index in [-0.39, 0.29) is 11.9 Å². The van der Waals surface area contributed by atoms with Crippen molar-refractivity contribution < 1.29 is 9.32 Å². The summed E-state index contributed by atoms with van der Waals surface area (Å²) < 4.78 is 5.23. The number of likely N-dealkylation sites (N-methyl/N-ethyl adjacent to an activating group) is 1. The molecular weight excluding hydrogens is 326 g/mol. The van der Waals surface area contributed by atoms with Crippen LogP contribution in [0.2, 0.25) is 0 Å². The molecule has 146 valence electrons. The summed E-state index contributed by atoms with van der Waals surface area (Å²) in [6.07, 6.45) is 0. The summed E-state index contributed by atoms with van der Waals surface area (Å²) in [5.74, 6) is 0.819. The van der Waals surface area contributed by atoms with Crippen molar-refractivity contribution in [1.29, 1.82) is 0 Å². The smallest absolute Gasteiger partial charge is 0.234 e. The van der Waals surface area contributed by atoms with Gasteiger partial charge >= 0.3 is 0 Å². The van der Waals surface area contributed by atoms with Gasteiger partial charge in [-0.15, -0.1) is 0 Å². The maximum atomic E-state index is 11.9. The average Bonchev–Trinajstić information content (AvgIpc) is 2.96. The maximum Gasteiger partial charge on any atom is 0.234 e. The van der Waals surface area contributed by atoms with Crippen molar-refractivity contribution in [3.63, 3.8) is 0 Å². The Morgan fingerprint density at radius 3 is 2.31 bits per heavy atom. The Kier molecular flexibility index (Phi) is 11.2. The molecule has 0 spiro atoms. The number of nitrogens with one attached hydrogen (secondary N) is 1. The molecule has 1 aromatic heterocycles. The van der Waals surface area contributed by atoms with Gasteiger partial charge in [-0.25, -0.2) is 0 Å². The van der Waals surface area contributed by atoms with E-state index >= 15 is 0 Å². The van der Waals surface area contributed by atoms with Gasteiger partial charge in [0.25, 0.3) is 0 Å². The van der Waals surface area contributed by atoms with Crippen molar-refractivity contribution in [2.75, 3.05) is 20.6 Å². The monoisotopic (exact) mass is 361 g/mol. The van der Waals surface area contributed by atoms with Crippen molar-refractivity contribution in [2.24, 2.45) is 0 Å². The van der Waals surface area contributed by atoms with E-state index in [1.807, 2.05) is 85.7 Å². The van der Waals surface area contributed by atoms with Gasteiger partial charge < -0.3 is 14.7 Å². The molecule has 1 unspecified atom stereocenters. The highest BCUT2D eigenvalue weighted by Gasteiger charge is 2.14. The van der Waals surface area contributed by atoms with Crippen LogP contribution in [0.1, 0.15) is 57.7 Å². The highest BCUT2D eigenvalue weighted by atomic mass is 16.5. The van der Waals surface area contributed by atoms with Crippen LogP contribution in [0.5, 0.6) is 0 Å². The van der Waals surface area contributed by atoms with E-state index < -0.39 is 0 Å². The van der Waals surface area contributed by atoms with Crippen LogP contribution in [-0.2, 0) is 4.79 Å². The van der Waals surface area contributed by atoms with Gasteiger partial charge in [-0.05, 0) is 52.1 Å². The van der Waals surface area contributed by atoms with Gasteiger partial charge in [-0.3, -0.25) is 4.79 Å². The molecule has 1 N–H and O–H groups in total. The number of carbonyl (C=O) groups is 1. The Morgan fingerprint density at radius 1 is 1.19 bits per heavy atom. The molecule has 0 aliphatic heterocycles. The number of benzene rings is 1. The van der Waals surface area contributed by atoms with Crippen LogP contribution in [-0.4, -0.2) is 36.6 Å². The van der Waals surface area contributed by atoms with E-state index in [9.17, 15) is 4.79 Å². The molecule has 0 saturated heterocycles. The number of rotatable bonds is 5. The minimum absolute atomic E-state index is 0.0141. The molecule has 1 heterocycles. The number of aryl methyl sites for hydroxylation is 2. The van der Waals surface area contributed by atoms with Crippen LogP contribution in [0.4, 0.5) is 0 Å². The SMILES string of the molecule is CC.CC.Cc1noc(C)c1-c1cccc(C(C)NC(=O)CN(C)C)c1. The van der Waals surface area contributed by atoms with E-state index in [0.717, 1.165) is 28.1 Å². The van der Waals surface area contributed by atoms with Crippen molar-refractivity contribution in [2.45, 2.75) is 54.5 Å². The van der Waals surface area contributed by atoms with Crippen LogP contribution < -0.4 is 5.32 Å². The molecular formula is C21H35N3O2. The zero-order valence-electron chi connectivity index (χ0n) is 17.8. The normalized spacial score (nSPS) is 11.0. The zero-order valence-corrected chi connectivity index (χ0v) is 17.8. The Labute approximate surface area is 158 Å². The molecule has 0 fully saturated rings. The molecule has 1 aromatic carbocycles. The lowest BCUT2D eigenvalue weighted by atomic mass is 9.99. The third-order valence-electron chi connectivity index (χ3n) is 3.55. The second-order valence-corrected chi connectivity index (χ2v) is 5.85. The van der Waals surface area contributed by atoms with E-state index in [1.165, 1.54) is 0 Å². The Hall–Kier alpha value is -2.14. The molecule has 1 amide bonds. The third kappa shape index (κ3) is 7.00. The van der Waals surface area contributed by atoms with Gasteiger partial charge in [0.1, 0.15) is 5.76 Å². The van der Waals surface area contributed by atoms with Crippen LogP contribution in [0.25, 0.3) is 11.1 Å². The molecule has 5 nitrogen and oxygen atoms in total. The van der Waals surface area contributed by atoms with Gasteiger partial charge in [0.15, 0.2) is 0 Å². The van der Waals surface area contributed by atoms with E-state index in [0.29, 0.717) is 6.54 Å². The van der Waals surface area contributed by atoms with Gasteiger partial charge in [-0.1, -0.05) is 51.1 Å². The lowest BCUT2D eigenvalue weighted by Crippen LogP contribution is -2.34. The molecule has 5 heteroatoms.